The highest BCUT2D eigenvalue weighted by atomic mass is 35.5. The summed E-state index contributed by atoms with van der Waals surface area (Å²) in [5.41, 5.74) is 3.09. The number of aromatic amines is 1. The van der Waals surface area contributed by atoms with Crippen LogP contribution < -0.4 is 11.1 Å². The zero-order chi connectivity index (χ0) is 18.3. The molecule has 0 radical (unpaired) electrons. The minimum Gasteiger partial charge on any atom is -0.317 e. The molecule has 0 aliphatic heterocycles. The van der Waals surface area contributed by atoms with Gasteiger partial charge in [0.05, 0.1) is 11.4 Å². The first-order chi connectivity index (χ1) is 12.5. The molecule has 3 heterocycles. The maximum atomic E-state index is 11.9. The maximum absolute atomic E-state index is 11.9. The van der Waals surface area contributed by atoms with Crippen molar-refractivity contribution >= 4 is 22.8 Å². The molecule has 0 atom stereocenters. The Labute approximate surface area is 152 Å². The first-order valence-electron chi connectivity index (χ1n) is 7.86. The first kappa shape index (κ1) is 16.2. The Morgan fingerprint density at radius 1 is 0.962 bits per heavy atom. The Kier molecular flexibility index (Phi) is 3.89. The minimum atomic E-state index is -0.283. The number of fused-ring (bicyclic) bond motifs is 1. The molecule has 0 saturated carbocycles. The molecule has 0 saturated heterocycles. The summed E-state index contributed by atoms with van der Waals surface area (Å²) in [6.45, 7) is 0. The number of halogens is 1. The lowest BCUT2D eigenvalue weighted by molar-refractivity contribution is 0.862. The lowest BCUT2D eigenvalue weighted by atomic mass is 10.1. The standard InChI is InChI=1S/C19H13ClN4O2/c1-24-10-12(9-13(20)19(24)26)17-16(11-5-3-2-4-6-11)23-18-14(21-17)7-8-15(25)22-18/h2-10H,1H3,(H,22,23,25). The van der Waals surface area contributed by atoms with Crippen molar-refractivity contribution in [3.8, 4) is 22.5 Å². The number of benzene rings is 1. The van der Waals surface area contributed by atoms with Crippen LogP contribution in [0.25, 0.3) is 33.7 Å². The number of aryl methyl sites for hydroxylation is 1. The zero-order valence-electron chi connectivity index (χ0n) is 13.7. The van der Waals surface area contributed by atoms with Crippen LogP contribution in [0, 0.1) is 0 Å². The third kappa shape index (κ3) is 2.80. The van der Waals surface area contributed by atoms with Crippen LogP contribution >= 0.6 is 11.6 Å². The number of H-pyrrole nitrogens is 1. The minimum absolute atomic E-state index is 0.104. The van der Waals surface area contributed by atoms with Gasteiger partial charge in [-0.1, -0.05) is 41.9 Å². The van der Waals surface area contributed by atoms with E-state index < -0.39 is 0 Å². The molecule has 0 unspecified atom stereocenters. The Morgan fingerprint density at radius 2 is 1.69 bits per heavy atom. The van der Waals surface area contributed by atoms with Gasteiger partial charge < -0.3 is 9.55 Å². The summed E-state index contributed by atoms with van der Waals surface area (Å²) in [4.78, 5) is 35.5. The summed E-state index contributed by atoms with van der Waals surface area (Å²) in [5.74, 6) is 0. The summed E-state index contributed by atoms with van der Waals surface area (Å²) >= 11 is 6.08. The van der Waals surface area contributed by atoms with Crippen LogP contribution in [0.1, 0.15) is 0 Å². The van der Waals surface area contributed by atoms with E-state index in [1.807, 2.05) is 30.3 Å². The molecule has 0 amide bonds. The number of pyridine rings is 2. The van der Waals surface area contributed by atoms with E-state index in [2.05, 4.69) is 15.0 Å². The smallest absolute Gasteiger partial charge is 0.269 e. The molecule has 1 N–H and O–H groups in total. The van der Waals surface area contributed by atoms with Crippen molar-refractivity contribution < 1.29 is 0 Å². The van der Waals surface area contributed by atoms with Gasteiger partial charge in [0.1, 0.15) is 10.5 Å². The fourth-order valence-corrected chi connectivity index (χ4v) is 3.02. The van der Waals surface area contributed by atoms with Gasteiger partial charge in [0.2, 0.25) is 5.56 Å². The van der Waals surface area contributed by atoms with Gasteiger partial charge in [-0.2, -0.15) is 0 Å². The number of hydrogen-bond donors (Lipinski definition) is 1. The third-order valence-electron chi connectivity index (χ3n) is 4.02. The van der Waals surface area contributed by atoms with Crippen LogP contribution in [0.4, 0.5) is 0 Å². The highest BCUT2D eigenvalue weighted by Gasteiger charge is 2.15. The van der Waals surface area contributed by atoms with Gasteiger partial charge in [0, 0.05) is 30.4 Å². The number of aromatic nitrogens is 4. The topological polar surface area (TPSA) is 80.6 Å². The van der Waals surface area contributed by atoms with Crippen LogP contribution in [0.3, 0.4) is 0 Å². The van der Waals surface area contributed by atoms with Gasteiger partial charge in [-0.15, -0.1) is 0 Å². The Hall–Kier alpha value is -3.25. The van der Waals surface area contributed by atoms with E-state index in [4.69, 9.17) is 11.6 Å². The van der Waals surface area contributed by atoms with E-state index in [0.717, 1.165) is 5.56 Å². The quantitative estimate of drug-likeness (QED) is 0.593. The first-order valence-corrected chi connectivity index (χ1v) is 8.24. The van der Waals surface area contributed by atoms with E-state index >= 15 is 0 Å². The van der Waals surface area contributed by atoms with Crippen molar-refractivity contribution in [2.75, 3.05) is 0 Å². The van der Waals surface area contributed by atoms with Crippen molar-refractivity contribution in [1.29, 1.82) is 0 Å². The second kappa shape index (κ2) is 6.24. The van der Waals surface area contributed by atoms with Crippen LogP contribution in [0.15, 0.2) is 64.3 Å². The van der Waals surface area contributed by atoms with Gasteiger partial charge >= 0.3 is 0 Å². The molecule has 4 rings (SSSR count). The van der Waals surface area contributed by atoms with Crippen LogP contribution in [-0.2, 0) is 7.05 Å². The Bertz CT molecular complexity index is 1220. The van der Waals surface area contributed by atoms with E-state index in [-0.39, 0.29) is 16.1 Å². The zero-order valence-corrected chi connectivity index (χ0v) is 14.5. The summed E-state index contributed by atoms with van der Waals surface area (Å²) in [7, 11) is 1.63. The normalized spacial score (nSPS) is 11.0. The SMILES string of the molecule is Cn1cc(-c2nc3ccc(=O)[nH]c3nc2-c2ccccc2)cc(Cl)c1=O. The lowest BCUT2D eigenvalue weighted by Crippen LogP contribution is -2.16. The molecule has 0 spiro atoms. The number of rotatable bonds is 2. The van der Waals surface area contributed by atoms with Crippen LogP contribution in [0.2, 0.25) is 5.02 Å². The average Bonchev–Trinajstić information content (AvgIpc) is 2.65. The summed E-state index contributed by atoms with van der Waals surface area (Å²) in [5, 5.41) is 0.104. The van der Waals surface area contributed by atoms with Gasteiger partial charge in [-0.25, -0.2) is 9.97 Å². The van der Waals surface area contributed by atoms with Gasteiger partial charge in [0.25, 0.3) is 5.56 Å². The number of nitrogens with one attached hydrogen (secondary N) is 1. The van der Waals surface area contributed by atoms with Crippen molar-refractivity contribution in [1.82, 2.24) is 19.5 Å². The summed E-state index contributed by atoms with van der Waals surface area (Å²) < 4.78 is 1.41. The third-order valence-corrected chi connectivity index (χ3v) is 4.29. The molecule has 0 aliphatic carbocycles. The molecule has 0 fully saturated rings. The van der Waals surface area contributed by atoms with Gasteiger partial charge in [-0.3, -0.25) is 9.59 Å². The fraction of sp³-hybridized carbons (Fsp3) is 0.0526. The summed E-state index contributed by atoms with van der Waals surface area (Å²) in [6, 6.07) is 14.1. The number of hydrogen-bond acceptors (Lipinski definition) is 4. The predicted octanol–water partition coefficient (Wildman–Crippen LogP) is 3.00. The highest BCUT2D eigenvalue weighted by molar-refractivity contribution is 6.30. The van der Waals surface area contributed by atoms with Crippen molar-refractivity contribution in [3.63, 3.8) is 0 Å². The van der Waals surface area contributed by atoms with E-state index in [1.165, 1.54) is 10.6 Å². The molecule has 26 heavy (non-hydrogen) atoms. The predicted molar refractivity (Wildman–Crippen MR) is 101 cm³/mol. The van der Waals surface area contributed by atoms with Gasteiger partial charge in [-0.05, 0) is 12.1 Å². The molecule has 4 aromatic rings. The lowest BCUT2D eigenvalue weighted by Gasteiger charge is -2.11. The van der Waals surface area contributed by atoms with Crippen molar-refractivity contribution in [2.24, 2.45) is 7.05 Å². The molecule has 3 aromatic heterocycles. The molecular formula is C19H13ClN4O2. The largest absolute Gasteiger partial charge is 0.317 e. The molecular weight excluding hydrogens is 352 g/mol. The maximum Gasteiger partial charge on any atom is 0.269 e. The molecule has 0 aliphatic rings. The Balaban J connectivity index is 2.08. The van der Waals surface area contributed by atoms with E-state index in [0.29, 0.717) is 28.1 Å². The highest BCUT2D eigenvalue weighted by Crippen LogP contribution is 2.30. The second-order valence-corrected chi connectivity index (χ2v) is 6.24. The molecule has 128 valence electrons. The van der Waals surface area contributed by atoms with Crippen LogP contribution in [0.5, 0.6) is 0 Å². The molecule has 0 bridgehead atoms. The molecule has 1 aromatic carbocycles. The summed E-state index contributed by atoms with van der Waals surface area (Å²) in [6.07, 6.45) is 1.67. The van der Waals surface area contributed by atoms with Gasteiger partial charge in [0.15, 0.2) is 5.65 Å². The van der Waals surface area contributed by atoms with Crippen molar-refractivity contribution in [3.05, 3.63) is 80.5 Å². The fourth-order valence-electron chi connectivity index (χ4n) is 2.77. The Morgan fingerprint density at radius 3 is 2.42 bits per heavy atom. The number of nitrogens with zero attached hydrogens (tertiary/aromatic N) is 3. The monoisotopic (exact) mass is 364 g/mol. The van der Waals surface area contributed by atoms with Crippen LogP contribution in [-0.4, -0.2) is 19.5 Å². The van der Waals surface area contributed by atoms with E-state index in [9.17, 15) is 9.59 Å². The average molecular weight is 365 g/mol. The van der Waals surface area contributed by atoms with Crippen molar-refractivity contribution in [2.45, 2.75) is 0 Å². The van der Waals surface area contributed by atoms with E-state index in [1.54, 1.807) is 25.4 Å². The molecule has 7 heteroatoms. The second-order valence-electron chi connectivity index (χ2n) is 5.84. The molecule has 6 nitrogen and oxygen atoms in total.